The van der Waals surface area contributed by atoms with Crippen LogP contribution in [0.4, 0.5) is 5.69 Å². The number of ether oxygens (including phenoxy) is 1. The van der Waals surface area contributed by atoms with Crippen LogP contribution in [0.2, 0.25) is 0 Å². The average molecular weight is 289 g/mol. The molecule has 0 bridgehead atoms. The summed E-state index contributed by atoms with van der Waals surface area (Å²) in [6, 6.07) is 6.04. The van der Waals surface area contributed by atoms with Crippen molar-refractivity contribution in [3.63, 3.8) is 0 Å². The number of anilines is 1. The number of hydrogen-bond donors (Lipinski definition) is 1. The van der Waals surface area contributed by atoms with Gasteiger partial charge in [-0.25, -0.2) is 4.79 Å². The second kappa shape index (κ2) is 5.90. The van der Waals surface area contributed by atoms with E-state index in [2.05, 4.69) is 19.9 Å². The fourth-order valence-corrected chi connectivity index (χ4v) is 2.64. The van der Waals surface area contributed by atoms with Crippen molar-refractivity contribution >= 4 is 11.7 Å². The first-order valence-corrected chi connectivity index (χ1v) is 7.32. The van der Waals surface area contributed by atoms with E-state index < -0.39 is 12.1 Å². The van der Waals surface area contributed by atoms with E-state index in [1.807, 2.05) is 31.0 Å². The molecule has 1 unspecified atom stereocenters. The van der Waals surface area contributed by atoms with Gasteiger partial charge in [0.1, 0.15) is 6.10 Å². The fraction of sp³-hybridized carbons (Fsp3) is 0.471. The second-order valence-corrected chi connectivity index (χ2v) is 5.65. The second-order valence-electron chi connectivity index (χ2n) is 5.65. The highest BCUT2D eigenvalue weighted by molar-refractivity contribution is 5.93. The Kier molecular flexibility index (Phi) is 4.37. The van der Waals surface area contributed by atoms with Crippen LogP contribution in [0, 0.1) is 0 Å². The standard InChI is InChI=1S/C17H23NO3/c1-6-21-17(20)15-11(4)18(5)14-8-7-12(10(2)3)9-13(14)16(15)19/h7-10,16,19H,6H2,1-5H3. The molecule has 0 saturated carbocycles. The molecule has 114 valence electrons. The maximum atomic E-state index is 12.1. The highest BCUT2D eigenvalue weighted by atomic mass is 16.5. The lowest BCUT2D eigenvalue weighted by molar-refractivity contribution is -0.139. The van der Waals surface area contributed by atoms with Crippen LogP contribution in [0.15, 0.2) is 29.5 Å². The van der Waals surface area contributed by atoms with Crippen LogP contribution in [-0.4, -0.2) is 24.7 Å². The van der Waals surface area contributed by atoms with Crippen molar-refractivity contribution in [3.05, 3.63) is 40.6 Å². The predicted octanol–water partition coefficient (Wildman–Crippen LogP) is 3.13. The SMILES string of the molecule is CCOC(=O)C1=C(C)N(C)c2ccc(C(C)C)cc2C1O. The highest BCUT2D eigenvalue weighted by Crippen LogP contribution is 2.40. The Bertz CT molecular complexity index is 590. The zero-order valence-electron chi connectivity index (χ0n) is 13.3. The molecule has 1 aliphatic rings. The van der Waals surface area contributed by atoms with Gasteiger partial charge in [-0.05, 0) is 31.4 Å². The molecular weight excluding hydrogens is 266 g/mol. The van der Waals surface area contributed by atoms with Crippen molar-refractivity contribution in [2.75, 3.05) is 18.6 Å². The number of benzene rings is 1. The summed E-state index contributed by atoms with van der Waals surface area (Å²) in [4.78, 5) is 14.1. The fourth-order valence-electron chi connectivity index (χ4n) is 2.64. The lowest BCUT2D eigenvalue weighted by Crippen LogP contribution is -2.29. The number of rotatable bonds is 3. The third-order valence-corrected chi connectivity index (χ3v) is 4.04. The van der Waals surface area contributed by atoms with E-state index in [0.717, 1.165) is 22.5 Å². The van der Waals surface area contributed by atoms with E-state index >= 15 is 0 Å². The molecule has 1 aromatic carbocycles. The first-order chi connectivity index (χ1) is 9.88. The lowest BCUT2D eigenvalue weighted by atomic mass is 9.90. The molecular formula is C17H23NO3. The molecule has 1 N–H and O–H groups in total. The first-order valence-electron chi connectivity index (χ1n) is 7.32. The predicted molar refractivity (Wildman–Crippen MR) is 83.2 cm³/mol. The Morgan fingerprint density at radius 3 is 2.67 bits per heavy atom. The van der Waals surface area contributed by atoms with Crippen LogP contribution in [0.5, 0.6) is 0 Å². The van der Waals surface area contributed by atoms with E-state index in [1.165, 1.54) is 0 Å². The van der Waals surface area contributed by atoms with Crippen LogP contribution in [0.25, 0.3) is 0 Å². The van der Waals surface area contributed by atoms with Gasteiger partial charge in [0.05, 0.1) is 12.2 Å². The van der Waals surface area contributed by atoms with Crippen LogP contribution >= 0.6 is 0 Å². The summed E-state index contributed by atoms with van der Waals surface area (Å²) in [5, 5.41) is 10.6. The van der Waals surface area contributed by atoms with Crippen LogP contribution in [0.3, 0.4) is 0 Å². The number of carbonyl (C=O) groups excluding carboxylic acids is 1. The molecule has 2 rings (SSSR count). The Morgan fingerprint density at radius 2 is 2.10 bits per heavy atom. The van der Waals surface area contributed by atoms with Gasteiger partial charge in [0.2, 0.25) is 0 Å². The number of fused-ring (bicyclic) bond motifs is 1. The summed E-state index contributed by atoms with van der Waals surface area (Å²) in [6.45, 7) is 8.10. The minimum absolute atomic E-state index is 0.297. The quantitative estimate of drug-likeness (QED) is 0.869. The van der Waals surface area contributed by atoms with Gasteiger partial charge < -0.3 is 14.7 Å². The van der Waals surface area contributed by atoms with Gasteiger partial charge >= 0.3 is 5.97 Å². The largest absolute Gasteiger partial charge is 0.462 e. The van der Waals surface area contributed by atoms with Gasteiger partial charge in [-0.3, -0.25) is 0 Å². The number of aliphatic hydroxyl groups excluding tert-OH is 1. The Balaban J connectivity index is 2.52. The molecule has 0 amide bonds. The highest BCUT2D eigenvalue weighted by Gasteiger charge is 2.33. The van der Waals surface area contributed by atoms with Gasteiger partial charge in [0.15, 0.2) is 0 Å². The molecule has 0 aromatic heterocycles. The molecule has 4 heteroatoms. The maximum absolute atomic E-state index is 12.1. The molecule has 0 fully saturated rings. The Labute approximate surface area is 126 Å². The number of carbonyl (C=O) groups is 1. The number of hydrogen-bond acceptors (Lipinski definition) is 4. The molecule has 0 spiro atoms. The van der Waals surface area contributed by atoms with E-state index in [4.69, 9.17) is 4.74 Å². The topological polar surface area (TPSA) is 49.8 Å². The third-order valence-electron chi connectivity index (χ3n) is 4.04. The van der Waals surface area contributed by atoms with E-state index in [0.29, 0.717) is 18.1 Å². The number of aliphatic hydroxyl groups is 1. The summed E-state index contributed by atoms with van der Waals surface area (Å²) in [5.41, 5.74) is 3.89. The normalized spacial score (nSPS) is 18.0. The first kappa shape index (κ1) is 15.6. The van der Waals surface area contributed by atoms with E-state index in [9.17, 15) is 9.90 Å². The van der Waals surface area contributed by atoms with Crippen molar-refractivity contribution in [2.24, 2.45) is 0 Å². The smallest absolute Gasteiger partial charge is 0.338 e. The minimum Gasteiger partial charge on any atom is -0.462 e. The number of esters is 1. The molecule has 0 radical (unpaired) electrons. The van der Waals surface area contributed by atoms with Crippen molar-refractivity contribution in [1.29, 1.82) is 0 Å². The van der Waals surface area contributed by atoms with Gasteiger partial charge in [0, 0.05) is 24.0 Å². The number of allylic oxidation sites excluding steroid dienone is 1. The van der Waals surface area contributed by atoms with E-state index in [1.54, 1.807) is 6.92 Å². The summed E-state index contributed by atoms with van der Waals surface area (Å²) in [7, 11) is 1.90. The van der Waals surface area contributed by atoms with Crippen LogP contribution < -0.4 is 4.90 Å². The summed E-state index contributed by atoms with van der Waals surface area (Å²) < 4.78 is 5.08. The van der Waals surface area contributed by atoms with Gasteiger partial charge in [-0.15, -0.1) is 0 Å². The van der Waals surface area contributed by atoms with Gasteiger partial charge in [-0.1, -0.05) is 26.0 Å². The molecule has 1 heterocycles. The van der Waals surface area contributed by atoms with Crippen molar-refractivity contribution < 1.29 is 14.6 Å². The summed E-state index contributed by atoms with van der Waals surface area (Å²) in [6.07, 6.45) is -0.936. The average Bonchev–Trinajstić information content (AvgIpc) is 2.44. The van der Waals surface area contributed by atoms with Gasteiger partial charge in [-0.2, -0.15) is 0 Å². The lowest BCUT2D eigenvalue weighted by Gasteiger charge is -2.33. The van der Waals surface area contributed by atoms with Crippen molar-refractivity contribution in [2.45, 2.75) is 39.7 Å². The summed E-state index contributed by atoms with van der Waals surface area (Å²) in [5.74, 6) is -0.0826. The van der Waals surface area contributed by atoms with Crippen molar-refractivity contribution in [1.82, 2.24) is 0 Å². The molecule has 4 nitrogen and oxygen atoms in total. The van der Waals surface area contributed by atoms with Gasteiger partial charge in [0.25, 0.3) is 0 Å². The molecule has 1 atom stereocenters. The molecule has 0 saturated heterocycles. The third kappa shape index (κ3) is 2.68. The molecule has 1 aromatic rings. The van der Waals surface area contributed by atoms with Crippen LogP contribution in [0.1, 0.15) is 50.8 Å². The Hall–Kier alpha value is -1.81. The Morgan fingerprint density at radius 1 is 1.43 bits per heavy atom. The van der Waals surface area contributed by atoms with E-state index in [-0.39, 0.29) is 0 Å². The molecule has 21 heavy (non-hydrogen) atoms. The minimum atomic E-state index is -0.936. The molecule has 1 aliphatic heterocycles. The zero-order valence-corrected chi connectivity index (χ0v) is 13.3. The van der Waals surface area contributed by atoms with Crippen molar-refractivity contribution in [3.8, 4) is 0 Å². The van der Waals surface area contributed by atoms with Crippen LogP contribution in [-0.2, 0) is 9.53 Å². The zero-order chi connectivity index (χ0) is 15.7. The molecule has 0 aliphatic carbocycles. The summed E-state index contributed by atoms with van der Waals surface area (Å²) >= 11 is 0. The number of nitrogens with zero attached hydrogens (tertiary/aromatic N) is 1. The monoisotopic (exact) mass is 289 g/mol. The maximum Gasteiger partial charge on any atom is 0.338 e.